The number of carbonyl (C=O) groups is 2. The zero-order chi connectivity index (χ0) is 22.7. The van der Waals surface area contributed by atoms with Gasteiger partial charge in [-0.25, -0.2) is 0 Å². The van der Waals surface area contributed by atoms with E-state index in [0.29, 0.717) is 49.4 Å². The van der Waals surface area contributed by atoms with Gasteiger partial charge in [0.1, 0.15) is 12.0 Å². The van der Waals surface area contributed by atoms with E-state index in [4.69, 9.17) is 10.1 Å². The summed E-state index contributed by atoms with van der Waals surface area (Å²) >= 11 is 3.44. The fourth-order valence-electron chi connectivity index (χ4n) is 4.20. The van der Waals surface area contributed by atoms with Crippen molar-refractivity contribution in [3.8, 4) is 5.75 Å². The third kappa shape index (κ3) is 4.52. The maximum absolute atomic E-state index is 13.1. The van der Waals surface area contributed by atoms with Crippen LogP contribution in [0, 0.1) is 5.41 Å². The summed E-state index contributed by atoms with van der Waals surface area (Å²) in [6.07, 6.45) is 4.15. The minimum atomic E-state index is -0.674. The SMILES string of the molecule is CN=CCC(=N)c1cccc(C(=O)N2CCC3(CC2)NC(C=O)c2cc(Br)ccc2O3)c1. The van der Waals surface area contributed by atoms with Crippen molar-refractivity contribution in [3.63, 3.8) is 0 Å². The molecule has 2 heterocycles. The van der Waals surface area contributed by atoms with E-state index in [1.807, 2.05) is 24.3 Å². The quantitative estimate of drug-likeness (QED) is 0.486. The number of hydrogen-bond donors (Lipinski definition) is 2. The molecule has 1 unspecified atom stereocenters. The summed E-state index contributed by atoms with van der Waals surface area (Å²) in [5.74, 6) is 0.636. The standard InChI is InChI=1S/C24H25BrN4O3/c1-27-10-7-20(26)16-3-2-4-17(13-16)23(31)29-11-8-24(9-12-29)28-21(15-30)19-14-18(25)5-6-22(19)32-24/h2-6,10,13-15,21,26,28H,7-9,11-12H2,1H3. The molecule has 1 amide bonds. The third-order valence-corrected chi connectivity index (χ3v) is 6.45. The molecule has 1 saturated heterocycles. The molecular formula is C24H25BrN4O3. The van der Waals surface area contributed by atoms with Crippen LogP contribution in [0.4, 0.5) is 0 Å². The van der Waals surface area contributed by atoms with Gasteiger partial charge in [0.2, 0.25) is 0 Å². The number of aldehydes is 1. The second-order valence-electron chi connectivity index (χ2n) is 8.03. The number of nitrogens with one attached hydrogen (secondary N) is 2. The Morgan fingerprint density at radius 3 is 2.75 bits per heavy atom. The van der Waals surface area contributed by atoms with Crippen LogP contribution in [0.1, 0.15) is 46.8 Å². The predicted molar refractivity (Wildman–Crippen MR) is 127 cm³/mol. The number of halogens is 1. The van der Waals surface area contributed by atoms with E-state index >= 15 is 0 Å². The van der Waals surface area contributed by atoms with Crippen molar-refractivity contribution in [1.82, 2.24) is 10.2 Å². The number of ether oxygens (including phenoxy) is 1. The van der Waals surface area contributed by atoms with Gasteiger partial charge in [0.05, 0.1) is 6.04 Å². The Morgan fingerprint density at radius 1 is 1.28 bits per heavy atom. The number of hydrogen-bond acceptors (Lipinski definition) is 6. The lowest BCUT2D eigenvalue weighted by Gasteiger charge is -2.46. The van der Waals surface area contributed by atoms with Crippen molar-refractivity contribution < 1.29 is 14.3 Å². The first-order valence-electron chi connectivity index (χ1n) is 10.5. The van der Waals surface area contributed by atoms with Gasteiger partial charge in [-0.05, 0) is 35.9 Å². The van der Waals surface area contributed by atoms with Crippen LogP contribution < -0.4 is 10.1 Å². The summed E-state index contributed by atoms with van der Waals surface area (Å²) in [7, 11) is 1.68. The van der Waals surface area contributed by atoms with Gasteiger partial charge in [-0.15, -0.1) is 0 Å². The van der Waals surface area contributed by atoms with Gasteiger partial charge in [-0.1, -0.05) is 28.1 Å². The molecule has 0 radical (unpaired) electrons. The van der Waals surface area contributed by atoms with Crippen LogP contribution in [-0.4, -0.2) is 54.9 Å². The second kappa shape index (κ2) is 9.34. The maximum Gasteiger partial charge on any atom is 0.253 e. The Bertz CT molecular complexity index is 1080. The average Bonchev–Trinajstić information content (AvgIpc) is 2.82. The fraction of sp³-hybridized carbons (Fsp3) is 0.333. The Balaban J connectivity index is 1.46. The van der Waals surface area contributed by atoms with Gasteiger partial charge in [0.15, 0.2) is 5.72 Å². The number of aliphatic imine (C=N–C) groups is 1. The highest BCUT2D eigenvalue weighted by Crippen LogP contribution is 2.39. The molecular weight excluding hydrogens is 472 g/mol. The van der Waals surface area contributed by atoms with E-state index in [-0.39, 0.29) is 5.91 Å². The van der Waals surface area contributed by atoms with Gasteiger partial charge in [-0.2, -0.15) is 0 Å². The maximum atomic E-state index is 13.1. The fourth-order valence-corrected chi connectivity index (χ4v) is 4.58. The van der Waals surface area contributed by atoms with Gasteiger partial charge < -0.3 is 24.8 Å². The summed E-state index contributed by atoms with van der Waals surface area (Å²) in [6.45, 7) is 1.01. The highest BCUT2D eigenvalue weighted by molar-refractivity contribution is 9.10. The summed E-state index contributed by atoms with van der Waals surface area (Å²) in [5.41, 5.74) is 1.85. The molecule has 0 saturated carbocycles. The normalized spacial score (nSPS) is 19.4. The number of nitrogens with zero attached hydrogens (tertiary/aromatic N) is 2. The first-order valence-corrected chi connectivity index (χ1v) is 11.3. The number of fused-ring (bicyclic) bond motifs is 1. The molecule has 1 atom stereocenters. The minimum absolute atomic E-state index is 0.0641. The van der Waals surface area contributed by atoms with Crippen LogP contribution >= 0.6 is 15.9 Å². The highest BCUT2D eigenvalue weighted by atomic mass is 79.9. The Morgan fingerprint density at radius 2 is 2.03 bits per heavy atom. The van der Waals surface area contributed by atoms with E-state index < -0.39 is 11.8 Å². The van der Waals surface area contributed by atoms with Gasteiger partial charge in [-0.3, -0.25) is 10.1 Å². The van der Waals surface area contributed by atoms with Crippen molar-refractivity contribution >= 4 is 40.0 Å². The summed E-state index contributed by atoms with van der Waals surface area (Å²) in [5, 5.41) is 11.5. The van der Waals surface area contributed by atoms with Crippen molar-refractivity contribution in [2.24, 2.45) is 4.99 Å². The third-order valence-electron chi connectivity index (χ3n) is 5.96. The molecule has 1 spiro atoms. The first kappa shape index (κ1) is 22.4. The smallest absolute Gasteiger partial charge is 0.253 e. The van der Waals surface area contributed by atoms with E-state index in [2.05, 4.69) is 26.2 Å². The van der Waals surface area contributed by atoms with E-state index in [1.165, 1.54) is 0 Å². The Kier molecular flexibility index (Phi) is 6.53. The minimum Gasteiger partial charge on any atom is -0.472 e. The lowest BCUT2D eigenvalue weighted by atomic mass is 9.93. The van der Waals surface area contributed by atoms with Crippen molar-refractivity contribution in [3.05, 3.63) is 63.6 Å². The van der Waals surface area contributed by atoms with Crippen molar-refractivity contribution in [1.29, 1.82) is 5.41 Å². The molecule has 2 aromatic rings. The Hall–Kier alpha value is -2.84. The average molecular weight is 497 g/mol. The second-order valence-corrected chi connectivity index (χ2v) is 8.95. The number of amides is 1. The summed E-state index contributed by atoms with van der Waals surface area (Å²) in [4.78, 5) is 30.6. The molecule has 166 valence electrons. The van der Waals surface area contributed by atoms with E-state index in [9.17, 15) is 9.59 Å². The monoisotopic (exact) mass is 496 g/mol. The molecule has 2 aliphatic rings. The molecule has 2 aliphatic heterocycles. The molecule has 8 heteroatoms. The van der Waals surface area contributed by atoms with Gasteiger partial charge >= 0.3 is 0 Å². The largest absolute Gasteiger partial charge is 0.472 e. The molecule has 4 rings (SSSR count). The lowest BCUT2D eigenvalue weighted by Crippen LogP contribution is -2.60. The number of likely N-dealkylation sites (tertiary alicyclic amines) is 1. The molecule has 7 nitrogen and oxygen atoms in total. The molecule has 32 heavy (non-hydrogen) atoms. The molecule has 2 aromatic carbocycles. The molecule has 2 N–H and O–H groups in total. The van der Waals surface area contributed by atoms with Gasteiger partial charge in [0.25, 0.3) is 5.91 Å². The van der Waals surface area contributed by atoms with Crippen LogP contribution in [0.15, 0.2) is 51.9 Å². The lowest BCUT2D eigenvalue weighted by molar-refractivity contribution is -0.114. The van der Waals surface area contributed by atoms with Crippen molar-refractivity contribution in [2.45, 2.75) is 31.0 Å². The zero-order valence-electron chi connectivity index (χ0n) is 17.8. The molecule has 0 aliphatic carbocycles. The molecule has 0 bridgehead atoms. The predicted octanol–water partition coefficient (Wildman–Crippen LogP) is 3.76. The van der Waals surface area contributed by atoms with Crippen LogP contribution in [0.25, 0.3) is 0 Å². The molecule has 1 fully saturated rings. The summed E-state index contributed by atoms with van der Waals surface area (Å²) in [6, 6.07) is 12.4. The Labute approximate surface area is 195 Å². The van der Waals surface area contributed by atoms with Crippen LogP contribution in [-0.2, 0) is 4.79 Å². The highest BCUT2D eigenvalue weighted by Gasteiger charge is 2.43. The van der Waals surface area contributed by atoms with E-state index in [0.717, 1.165) is 21.9 Å². The van der Waals surface area contributed by atoms with Crippen LogP contribution in [0.2, 0.25) is 0 Å². The number of benzene rings is 2. The van der Waals surface area contributed by atoms with E-state index in [1.54, 1.807) is 36.4 Å². The van der Waals surface area contributed by atoms with Crippen molar-refractivity contribution in [2.75, 3.05) is 20.1 Å². The number of rotatable bonds is 5. The first-order chi connectivity index (χ1) is 15.4. The number of carbonyl (C=O) groups excluding carboxylic acids is 2. The number of piperidine rings is 1. The topological polar surface area (TPSA) is 94.9 Å². The van der Waals surface area contributed by atoms with Gasteiger partial charge in [0, 0.05) is 66.9 Å². The zero-order valence-corrected chi connectivity index (χ0v) is 19.4. The summed E-state index contributed by atoms with van der Waals surface area (Å²) < 4.78 is 7.19. The van der Waals surface area contributed by atoms with Crippen LogP contribution in [0.3, 0.4) is 0 Å². The molecule has 0 aromatic heterocycles. The van der Waals surface area contributed by atoms with Crippen LogP contribution in [0.5, 0.6) is 5.75 Å².